The monoisotopic (exact) mass is 388 g/mol. The highest BCUT2D eigenvalue weighted by Crippen LogP contribution is 2.29. The fourth-order valence-electron chi connectivity index (χ4n) is 4.22. The van der Waals surface area contributed by atoms with E-state index in [2.05, 4.69) is 10.6 Å². The standard InChI is InChI=1S/C20H25ClN4O2/c21-15-6-4-5-14(13-15)17-18(26)24-20(23-17)9-11-25(12-10-20)19(27)22-16-7-2-1-3-8-16/h4-6,13,16H,1-3,7-12H2,(H,22,27)(H,24,26). The Balaban J connectivity index is 1.39. The lowest BCUT2D eigenvalue weighted by Crippen LogP contribution is -2.55. The van der Waals surface area contributed by atoms with Gasteiger partial charge in [0.15, 0.2) is 0 Å². The zero-order valence-electron chi connectivity index (χ0n) is 15.3. The van der Waals surface area contributed by atoms with E-state index in [9.17, 15) is 9.59 Å². The summed E-state index contributed by atoms with van der Waals surface area (Å²) in [6.07, 6.45) is 7.06. The van der Waals surface area contributed by atoms with Crippen LogP contribution >= 0.6 is 11.6 Å². The first-order chi connectivity index (χ1) is 13.0. The smallest absolute Gasteiger partial charge is 0.317 e. The van der Waals surface area contributed by atoms with Crippen LogP contribution in [-0.4, -0.2) is 47.3 Å². The highest BCUT2D eigenvalue weighted by molar-refractivity contribution is 6.47. The molecule has 0 atom stereocenters. The molecule has 2 N–H and O–H groups in total. The van der Waals surface area contributed by atoms with Crippen molar-refractivity contribution in [3.05, 3.63) is 34.9 Å². The molecule has 2 aliphatic heterocycles. The van der Waals surface area contributed by atoms with Crippen molar-refractivity contribution in [2.45, 2.75) is 56.7 Å². The minimum absolute atomic E-state index is 0.0140. The summed E-state index contributed by atoms with van der Waals surface area (Å²) in [4.78, 5) is 31.6. The van der Waals surface area contributed by atoms with Crippen molar-refractivity contribution in [2.75, 3.05) is 13.1 Å². The molecule has 0 unspecified atom stereocenters. The van der Waals surface area contributed by atoms with E-state index in [-0.39, 0.29) is 11.9 Å². The molecule has 7 heteroatoms. The van der Waals surface area contributed by atoms with E-state index in [0.29, 0.717) is 42.7 Å². The number of nitrogens with one attached hydrogen (secondary N) is 2. The van der Waals surface area contributed by atoms with Gasteiger partial charge in [-0.05, 0) is 25.0 Å². The van der Waals surface area contributed by atoms with E-state index in [0.717, 1.165) is 18.4 Å². The summed E-state index contributed by atoms with van der Waals surface area (Å²) in [5.74, 6) is -0.169. The summed E-state index contributed by atoms with van der Waals surface area (Å²) in [5, 5.41) is 6.78. The summed E-state index contributed by atoms with van der Waals surface area (Å²) in [6.45, 7) is 1.18. The van der Waals surface area contributed by atoms with Crippen molar-refractivity contribution in [1.29, 1.82) is 0 Å². The van der Waals surface area contributed by atoms with E-state index >= 15 is 0 Å². The Morgan fingerprint density at radius 2 is 1.96 bits per heavy atom. The minimum Gasteiger partial charge on any atom is -0.335 e. The molecule has 1 aliphatic carbocycles. The van der Waals surface area contributed by atoms with E-state index in [4.69, 9.17) is 16.6 Å². The lowest BCUT2D eigenvalue weighted by molar-refractivity contribution is -0.115. The molecule has 4 rings (SSSR count). The van der Waals surface area contributed by atoms with Crippen LogP contribution in [-0.2, 0) is 4.79 Å². The van der Waals surface area contributed by atoms with Gasteiger partial charge in [-0.2, -0.15) is 0 Å². The zero-order chi connectivity index (χ0) is 18.9. The Bertz CT molecular complexity index is 765. The maximum Gasteiger partial charge on any atom is 0.317 e. The van der Waals surface area contributed by atoms with Gasteiger partial charge in [0.2, 0.25) is 0 Å². The number of nitrogens with zero attached hydrogens (tertiary/aromatic N) is 2. The van der Waals surface area contributed by atoms with Gasteiger partial charge in [-0.25, -0.2) is 4.79 Å². The number of rotatable bonds is 2. The molecule has 1 spiro atoms. The summed E-state index contributed by atoms with van der Waals surface area (Å²) in [6, 6.07) is 7.51. The van der Waals surface area contributed by atoms with Gasteiger partial charge in [0.25, 0.3) is 5.91 Å². The minimum atomic E-state index is -0.601. The van der Waals surface area contributed by atoms with Gasteiger partial charge in [-0.15, -0.1) is 0 Å². The van der Waals surface area contributed by atoms with Crippen molar-refractivity contribution in [3.8, 4) is 0 Å². The molecule has 0 aromatic heterocycles. The van der Waals surface area contributed by atoms with E-state index in [1.807, 2.05) is 17.0 Å². The van der Waals surface area contributed by atoms with Gasteiger partial charge >= 0.3 is 6.03 Å². The Labute approximate surface area is 164 Å². The van der Waals surface area contributed by atoms with Gasteiger partial charge in [-0.1, -0.05) is 43.0 Å². The number of likely N-dealkylation sites (tertiary alicyclic amines) is 1. The molecule has 6 nitrogen and oxygen atoms in total. The van der Waals surface area contributed by atoms with Crippen LogP contribution in [0, 0.1) is 0 Å². The fraction of sp³-hybridized carbons (Fsp3) is 0.550. The summed E-state index contributed by atoms with van der Waals surface area (Å²) < 4.78 is 0. The first kappa shape index (κ1) is 18.3. The molecule has 3 amide bonds. The Kier molecular flexibility index (Phi) is 5.08. The number of hydrogen-bond acceptors (Lipinski definition) is 3. The highest BCUT2D eigenvalue weighted by atomic mass is 35.5. The number of hydrogen-bond donors (Lipinski definition) is 2. The molecule has 1 aromatic carbocycles. The first-order valence-corrected chi connectivity index (χ1v) is 10.2. The third kappa shape index (κ3) is 3.95. The van der Waals surface area contributed by atoms with Crippen LogP contribution in [0.4, 0.5) is 4.79 Å². The Morgan fingerprint density at radius 3 is 2.67 bits per heavy atom. The van der Waals surface area contributed by atoms with Crippen molar-refractivity contribution >= 4 is 29.3 Å². The second kappa shape index (κ2) is 7.50. The second-order valence-corrected chi connectivity index (χ2v) is 8.16. The molecule has 0 bridgehead atoms. The van der Waals surface area contributed by atoms with Crippen molar-refractivity contribution in [1.82, 2.24) is 15.5 Å². The highest BCUT2D eigenvalue weighted by Gasteiger charge is 2.43. The molecule has 3 aliphatic rings. The van der Waals surface area contributed by atoms with E-state index in [1.165, 1.54) is 19.3 Å². The van der Waals surface area contributed by atoms with Crippen molar-refractivity contribution in [3.63, 3.8) is 0 Å². The third-order valence-corrected chi connectivity index (χ3v) is 6.03. The normalized spacial score (nSPS) is 22.5. The van der Waals surface area contributed by atoms with Gasteiger partial charge in [0.05, 0.1) is 0 Å². The summed E-state index contributed by atoms with van der Waals surface area (Å²) in [7, 11) is 0. The van der Waals surface area contributed by atoms with Gasteiger partial charge in [0.1, 0.15) is 11.4 Å². The SMILES string of the molecule is O=C1NC2(CCN(C(=O)NC3CCCCC3)CC2)N=C1c1cccc(Cl)c1. The molecule has 1 saturated heterocycles. The number of carbonyl (C=O) groups excluding carboxylic acids is 2. The molecule has 1 aromatic rings. The Hall–Kier alpha value is -2.08. The average molecular weight is 389 g/mol. The van der Waals surface area contributed by atoms with E-state index < -0.39 is 5.66 Å². The molecule has 2 fully saturated rings. The lowest BCUT2D eigenvalue weighted by Gasteiger charge is -2.38. The van der Waals surface area contributed by atoms with Gasteiger partial charge in [-0.3, -0.25) is 9.79 Å². The average Bonchev–Trinajstić information content (AvgIpc) is 2.99. The number of benzene rings is 1. The number of halogens is 1. The Morgan fingerprint density at radius 1 is 1.22 bits per heavy atom. The number of aliphatic imine (C=N–C) groups is 1. The first-order valence-electron chi connectivity index (χ1n) is 9.78. The number of amides is 3. The molecule has 144 valence electrons. The largest absolute Gasteiger partial charge is 0.335 e. The van der Waals surface area contributed by atoms with Crippen LogP contribution in [0.5, 0.6) is 0 Å². The van der Waals surface area contributed by atoms with Crippen molar-refractivity contribution in [2.24, 2.45) is 4.99 Å². The maximum atomic E-state index is 12.5. The fourth-order valence-corrected chi connectivity index (χ4v) is 4.41. The second-order valence-electron chi connectivity index (χ2n) is 7.73. The van der Waals surface area contributed by atoms with Crippen LogP contribution in [0.15, 0.2) is 29.3 Å². The topological polar surface area (TPSA) is 73.8 Å². The number of piperidine rings is 1. The molecule has 1 saturated carbocycles. The third-order valence-electron chi connectivity index (χ3n) is 5.80. The van der Waals surface area contributed by atoms with Crippen LogP contribution in [0.2, 0.25) is 5.02 Å². The summed E-state index contributed by atoms with van der Waals surface area (Å²) in [5.41, 5.74) is 0.558. The predicted octanol–water partition coefficient (Wildman–Crippen LogP) is 3.09. The molecular weight excluding hydrogens is 364 g/mol. The van der Waals surface area contributed by atoms with Crippen molar-refractivity contribution < 1.29 is 9.59 Å². The van der Waals surface area contributed by atoms with E-state index in [1.54, 1.807) is 12.1 Å². The zero-order valence-corrected chi connectivity index (χ0v) is 16.1. The van der Waals surface area contributed by atoms with Crippen LogP contribution in [0.1, 0.15) is 50.5 Å². The molecule has 2 heterocycles. The molecule has 0 radical (unpaired) electrons. The number of carbonyl (C=O) groups is 2. The van der Waals surface area contributed by atoms with Crippen LogP contribution in [0.3, 0.4) is 0 Å². The predicted molar refractivity (Wildman–Crippen MR) is 105 cm³/mol. The van der Waals surface area contributed by atoms with Gasteiger partial charge < -0.3 is 15.5 Å². The van der Waals surface area contributed by atoms with Crippen LogP contribution < -0.4 is 10.6 Å². The number of urea groups is 1. The van der Waals surface area contributed by atoms with Gasteiger partial charge in [0, 0.05) is 42.6 Å². The van der Waals surface area contributed by atoms with Crippen LogP contribution in [0.25, 0.3) is 0 Å². The quantitative estimate of drug-likeness (QED) is 0.817. The summed E-state index contributed by atoms with van der Waals surface area (Å²) >= 11 is 6.04. The molecular formula is C20H25ClN4O2. The maximum absolute atomic E-state index is 12.5. The molecule has 27 heavy (non-hydrogen) atoms. The lowest BCUT2D eigenvalue weighted by atomic mass is 9.95.